The molecular formula is C14H22N2O. The summed E-state index contributed by atoms with van der Waals surface area (Å²) < 4.78 is 7.83. The quantitative estimate of drug-likeness (QED) is 0.755. The van der Waals surface area contributed by atoms with Crippen LogP contribution in [-0.2, 0) is 0 Å². The summed E-state index contributed by atoms with van der Waals surface area (Å²) in [4.78, 5) is 0. The van der Waals surface area contributed by atoms with Gasteiger partial charge in [-0.2, -0.15) is 0 Å². The zero-order chi connectivity index (χ0) is 11.8. The first-order valence-corrected chi connectivity index (χ1v) is 6.92. The van der Waals surface area contributed by atoms with Crippen molar-refractivity contribution in [3.63, 3.8) is 0 Å². The molecular weight excluding hydrogens is 212 g/mol. The number of aromatic nitrogens is 2. The van der Waals surface area contributed by atoms with Crippen LogP contribution >= 0.6 is 0 Å². The van der Waals surface area contributed by atoms with E-state index in [2.05, 4.69) is 18.9 Å². The molecule has 0 amide bonds. The van der Waals surface area contributed by atoms with Gasteiger partial charge in [-0.05, 0) is 57.3 Å². The van der Waals surface area contributed by atoms with Crippen LogP contribution in [0.3, 0.4) is 0 Å². The van der Waals surface area contributed by atoms with Crippen LogP contribution in [0.5, 0.6) is 5.88 Å². The van der Waals surface area contributed by atoms with E-state index in [0.29, 0.717) is 6.04 Å². The first kappa shape index (κ1) is 11.1. The molecule has 0 bridgehead atoms. The van der Waals surface area contributed by atoms with Crippen molar-refractivity contribution in [2.75, 3.05) is 6.61 Å². The van der Waals surface area contributed by atoms with Gasteiger partial charge in [-0.25, -0.2) is 0 Å². The van der Waals surface area contributed by atoms with E-state index in [0.717, 1.165) is 30.2 Å². The Hall–Kier alpha value is -0.990. The van der Waals surface area contributed by atoms with Crippen molar-refractivity contribution in [1.82, 2.24) is 9.78 Å². The Kier molecular flexibility index (Phi) is 2.85. The number of hydrogen-bond donors (Lipinski definition) is 0. The molecule has 0 aromatic carbocycles. The second-order valence-electron chi connectivity index (χ2n) is 5.88. The van der Waals surface area contributed by atoms with Crippen LogP contribution in [-0.4, -0.2) is 16.4 Å². The maximum absolute atomic E-state index is 5.87. The summed E-state index contributed by atoms with van der Waals surface area (Å²) >= 11 is 0. The van der Waals surface area contributed by atoms with Crippen molar-refractivity contribution in [3.8, 4) is 5.88 Å². The summed E-state index contributed by atoms with van der Waals surface area (Å²) in [5.41, 5.74) is 0. The molecule has 3 nitrogen and oxygen atoms in total. The third-order valence-electron chi connectivity index (χ3n) is 3.99. The molecule has 94 valence electrons. The molecule has 1 heterocycles. The van der Waals surface area contributed by atoms with Gasteiger partial charge in [0, 0.05) is 18.3 Å². The van der Waals surface area contributed by atoms with Gasteiger partial charge < -0.3 is 4.74 Å². The molecule has 2 aliphatic rings. The normalized spacial score (nSPS) is 20.2. The second kappa shape index (κ2) is 4.35. The van der Waals surface area contributed by atoms with E-state index < -0.39 is 0 Å². The van der Waals surface area contributed by atoms with Crippen molar-refractivity contribution >= 4 is 0 Å². The Morgan fingerprint density at radius 1 is 1.29 bits per heavy atom. The van der Waals surface area contributed by atoms with Gasteiger partial charge >= 0.3 is 0 Å². The smallest absolute Gasteiger partial charge is 0.232 e. The highest BCUT2D eigenvalue weighted by Crippen LogP contribution is 2.49. The molecule has 3 heteroatoms. The van der Waals surface area contributed by atoms with Gasteiger partial charge in [0.25, 0.3) is 0 Å². The third-order valence-corrected chi connectivity index (χ3v) is 3.99. The summed E-state index contributed by atoms with van der Waals surface area (Å²) in [6.07, 6.45) is 7.69. The van der Waals surface area contributed by atoms with Crippen LogP contribution < -0.4 is 4.74 Å². The molecule has 2 saturated carbocycles. The lowest BCUT2D eigenvalue weighted by Gasteiger charge is -2.15. The fourth-order valence-corrected chi connectivity index (χ4v) is 2.57. The van der Waals surface area contributed by atoms with Crippen LogP contribution in [0.15, 0.2) is 12.3 Å². The lowest BCUT2D eigenvalue weighted by atomic mass is 9.99. The SMILES string of the molecule is CC(C)n1ccc(OCC(C2CC2)C2CC2)n1. The zero-order valence-corrected chi connectivity index (χ0v) is 10.8. The Bertz CT molecular complexity index is 365. The topological polar surface area (TPSA) is 27.1 Å². The van der Waals surface area contributed by atoms with Crippen molar-refractivity contribution in [3.05, 3.63) is 12.3 Å². The number of rotatable bonds is 6. The molecule has 0 radical (unpaired) electrons. The highest BCUT2D eigenvalue weighted by atomic mass is 16.5. The average molecular weight is 234 g/mol. The zero-order valence-electron chi connectivity index (χ0n) is 10.8. The fourth-order valence-electron chi connectivity index (χ4n) is 2.57. The van der Waals surface area contributed by atoms with Crippen LogP contribution in [0.2, 0.25) is 0 Å². The summed E-state index contributed by atoms with van der Waals surface area (Å²) in [6, 6.07) is 2.40. The summed E-state index contributed by atoms with van der Waals surface area (Å²) in [7, 11) is 0. The second-order valence-corrected chi connectivity index (χ2v) is 5.88. The largest absolute Gasteiger partial charge is 0.476 e. The van der Waals surface area contributed by atoms with E-state index in [4.69, 9.17) is 4.74 Å². The molecule has 0 unspecified atom stereocenters. The predicted octanol–water partition coefficient (Wildman–Crippen LogP) is 3.28. The van der Waals surface area contributed by atoms with Crippen LogP contribution in [0.4, 0.5) is 0 Å². The molecule has 0 atom stereocenters. The van der Waals surface area contributed by atoms with Gasteiger partial charge in [0.05, 0.1) is 6.61 Å². The Morgan fingerprint density at radius 2 is 1.94 bits per heavy atom. The highest BCUT2D eigenvalue weighted by molar-refractivity contribution is 5.06. The molecule has 0 N–H and O–H groups in total. The van der Waals surface area contributed by atoms with Crippen LogP contribution in [0.25, 0.3) is 0 Å². The molecule has 0 spiro atoms. The number of nitrogens with zero attached hydrogens (tertiary/aromatic N) is 2. The minimum Gasteiger partial charge on any atom is -0.476 e. The van der Waals surface area contributed by atoms with Crippen molar-refractivity contribution in [2.45, 2.75) is 45.6 Å². The maximum Gasteiger partial charge on any atom is 0.232 e. The minimum atomic E-state index is 0.412. The van der Waals surface area contributed by atoms with E-state index in [1.54, 1.807) is 0 Å². The first-order valence-electron chi connectivity index (χ1n) is 6.92. The average Bonchev–Trinajstić information content (AvgIpc) is 3.20. The van der Waals surface area contributed by atoms with Gasteiger partial charge in [0.15, 0.2) is 0 Å². The molecule has 3 rings (SSSR count). The number of ether oxygens (including phenoxy) is 1. The molecule has 1 aromatic heterocycles. The molecule has 0 saturated heterocycles. The molecule has 2 fully saturated rings. The van der Waals surface area contributed by atoms with Crippen LogP contribution in [0, 0.1) is 17.8 Å². The lowest BCUT2D eigenvalue weighted by molar-refractivity contribution is 0.204. The standard InChI is InChI=1S/C14H22N2O/c1-10(2)16-8-7-14(15-16)17-9-13(11-3-4-11)12-5-6-12/h7-8,10-13H,3-6,9H2,1-2H3. The van der Waals surface area contributed by atoms with E-state index in [9.17, 15) is 0 Å². The highest BCUT2D eigenvalue weighted by Gasteiger charge is 2.41. The van der Waals surface area contributed by atoms with E-state index in [1.807, 2.05) is 16.9 Å². The molecule has 17 heavy (non-hydrogen) atoms. The number of hydrogen-bond acceptors (Lipinski definition) is 2. The van der Waals surface area contributed by atoms with Gasteiger partial charge in [-0.15, -0.1) is 5.10 Å². The minimum absolute atomic E-state index is 0.412. The Morgan fingerprint density at radius 3 is 2.41 bits per heavy atom. The summed E-state index contributed by atoms with van der Waals surface area (Å²) in [5.74, 6) is 3.51. The first-order chi connectivity index (χ1) is 8.24. The van der Waals surface area contributed by atoms with Crippen LogP contribution in [0.1, 0.15) is 45.6 Å². The van der Waals surface area contributed by atoms with Gasteiger partial charge in [-0.1, -0.05) is 0 Å². The van der Waals surface area contributed by atoms with E-state index in [-0.39, 0.29) is 0 Å². The predicted molar refractivity (Wildman–Crippen MR) is 67.0 cm³/mol. The molecule has 2 aliphatic carbocycles. The Labute approximate surface area is 103 Å². The molecule has 0 aliphatic heterocycles. The van der Waals surface area contributed by atoms with Gasteiger partial charge in [0.1, 0.15) is 0 Å². The van der Waals surface area contributed by atoms with E-state index in [1.165, 1.54) is 25.7 Å². The monoisotopic (exact) mass is 234 g/mol. The van der Waals surface area contributed by atoms with E-state index >= 15 is 0 Å². The van der Waals surface area contributed by atoms with Crippen molar-refractivity contribution < 1.29 is 4.74 Å². The summed E-state index contributed by atoms with van der Waals surface area (Å²) in [6.45, 7) is 5.15. The molecule has 1 aromatic rings. The maximum atomic E-state index is 5.87. The summed E-state index contributed by atoms with van der Waals surface area (Å²) in [5, 5.41) is 4.44. The third kappa shape index (κ3) is 2.64. The van der Waals surface area contributed by atoms with Crippen molar-refractivity contribution in [1.29, 1.82) is 0 Å². The Balaban J connectivity index is 1.54. The fraction of sp³-hybridized carbons (Fsp3) is 0.786. The van der Waals surface area contributed by atoms with Crippen molar-refractivity contribution in [2.24, 2.45) is 17.8 Å². The van der Waals surface area contributed by atoms with Gasteiger partial charge in [-0.3, -0.25) is 4.68 Å². The van der Waals surface area contributed by atoms with Gasteiger partial charge in [0.2, 0.25) is 5.88 Å². The lowest BCUT2D eigenvalue weighted by Crippen LogP contribution is -2.16.